The van der Waals surface area contributed by atoms with Gasteiger partial charge in [0, 0.05) is 32.8 Å². The lowest BCUT2D eigenvalue weighted by Crippen LogP contribution is -2.55. The second-order valence-corrected chi connectivity index (χ2v) is 3.36. The Morgan fingerprint density at radius 1 is 1.33 bits per heavy atom. The van der Waals surface area contributed by atoms with Crippen molar-refractivity contribution in [3.63, 3.8) is 0 Å². The zero-order valence-corrected chi connectivity index (χ0v) is 7.94. The van der Waals surface area contributed by atoms with Gasteiger partial charge in [-0.15, -0.1) is 0 Å². The first kappa shape index (κ1) is 9.96. The smallest absolute Gasteiger partial charge is 0.0462 e. The minimum atomic E-state index is 0.743. The van der Waals surface area contributed by atoms with E-state index in [4.69, 9.17) is 4.74 Å². The Balaban J connectivity index is 1.70. The number of rotatable bonds is 7. The highest BCUT2D eigenvalue weighted by Gasteiger charge is 2.14. The molecular formula is C9H20N2O. The Hall–Kier alpha value is -0.120. The van der Waals surface area contributed by atoms with Crippen LogP contribution in [-0.4, -0.2) is 39.4 Å². The third-order valence-electron chi connectivity index (χ3n) is 2.24. The number of methoxy groups -OCH3 is 1. The second-order valence-electron chi connectivity index (χ2n) is 3.36. The van der Waals surface area contributed by atoms with E-state index in [1.54, 1.807) is 7.11 Å². The number of hydrogen-bond acceptors (Lipinski definition) is 3. The molecule has 1 aliphatic rings. The topological polar surface area (TPSA) is 33.3 Å². The van der Waals surface area contributed by atoms with Crippen molar-refractivity contribution in [1.29, 1.82) is 0 Å². The van der Waals surface area contributed by atoms with Crippen LogP contribution in [-0.2, 0) is 4.74 Å². The number of hydrogen-bond donors (Lipinski definition) is 2. The van der Waals surface area contributed by atoms with E-state index in [2.05, 4.69) is 10.6 Å². The van der Waals surface area contributed by atoms with E-state index in [1.807, 2.05) is 0 Å². The number of nitrogens with one attached hydrogen (secondary N) is 2. The monoisotopic (exact) mass is 172 g/mol. The molecule has 0 aromatic rings. The van der Waals surface area contributed by atoms with Gasteiger partial charge in [-0.1, -0.05) is 0 Å². The van der Waals surface area contributed by atoms with Gasteiger partial charge in [0.2, 0.25) is 0 Å². The Morgan fingerprint density at radius 2 is 2.17 bits per heavy atom. The Labute approximate surface area is 74.9 Å². The van der Waals surface area contributed by atoms with Crippen LogP contribution in [0.15, 0.2) is 0 Å². The second kappa shape index (κ2) is 6.40. The summed E-state index contributed by atoms with van der Waals surface area (Å²) in [6.07, 6.45) is 3.75. The summed E-state index contributed by atoms with van der Waals surface area (Å²) in [7, 11) is 1.76. The average Bonchev–Trinajstić information content (AvgIpc) is 2.00. The van der Waals surface area contributed by atoms with Crippen LogP contribution in [0.1, 0.15) is 19.3 Å². The van der Waals surface area contributed by atoms with Gasteiger partial charge in [-0.3, -0.25) is 0 Å². The van der Waals surface area contributed by atoms with E-state index >= 15 is 0 Å². The predicted molar refractivity (Wildman–Crippen MR) is 50.4 cm³/mol. The van der Waals surface area contributed by atoms with Crippen LogP contribution in [0, 0.1) is 0 Å². The normalized spacial score (nSPS) is 17.8. The molecule has 0 amide bonds. The van der Waals surface area contributed by atoms with E-state index in [-0.39, 0.29) is 0 Å². The largest absolute Gasteiger partial charge is 0.385 e. The fraction of sp³-hybridized carbons (Fsp3) is 1.00. The lowest BCUT2D eigenvalue weighted by atomic mass is 10.1. The molecule has 0 aliphatic carbocycles. The fourth-order valence-electron chi connectivity index (χ4n) is 1.29. The third kappa shape index (κ3) is 4.04. The molecule has 0 saturated carbocycles. The van der Waals surface area contributed by atoms with Crippen molar-refractivity contribution in [2.24, 2.45) is 0 Å². The van der Waals surface area contributed by atoms with Crippen LogP contribution in [0.5, 0.6) is 0 Å². The van der Waals surface area contributed by atoms with Crippen LogP contribution in [0.2, 0.25) is 0 Å². The SMILES string of the molecule is COCCCCCNC1CNC1. The van der Waals surface area contributed by atoms with Crippen LogP contribution in [0.25, 0.3) is 0 Å². The minimum Gasteiger partial charge on any atom is -0.385 e. The van der Waals surface area contributed by atoms with Crippen molar-refractivity contribution in [3.8, 4) is 0 Å². The van der Waals surface area contributed by atoms with E-state index in [1.165, 1.54) is 19.3 Å². The lowest BCUT2D eigenvalue weighted by molar-refractivity contribution is 0.192. The van der Waals surface area contributed by atoms with Gasteiger partial charge in [0.1, 0.15) is 0 Å². The van der Waals surface area contributed by atoms with Gasteiger partial charge in [0.15, 0.2) is 0 Å². The van der Waals surface area contributed by atoms with Gasteiger partial charge in [0.25, 0.3) is 0 Å². The summed E-state index contributed by atoms with van der Waals surface area (Å²) >= 11 is 0. The first-order chi connectivity index (χ1) is 5.93. The predicted octanol–water partition coefficient (Wildman–Crippen LogP) is 0.365. The van der Waals surface area contributed by atoms with Gasteiger partial charge in [-0.25, -0.2) is 0 Å². The summed E-state index contributed by atoms with van der Waals surface area (Å²) in [6, 6.07) is 0.743. The molecule has 12 heavy (non-hydrogen) atoms. The molecule has 0 aromatic heterocycles. The molecule has 0 aromatic carbocycles. The third-order valence-corrected chi connectivity index (χ3v) is 2.24. The van der Waals surface area contributed by atoms with Gasteiger partial charge in [-0.05, 0) is 25.8 Å². The minimum absolute atomic E-state index is 0.743. The molecule has 1 saturated heterocycles. The number of ether oxygens (including phenoxy) is 1. The summed E-state index contributed by atoms with van der Waals surface area (Å²) in [4.78, 5) is 0. The van der Waals surface area contributed by atoms with E-state index in [0.29, 0.717) is 0 Å². The highest BCUT2D eigenvalue weighted by molar-refractivity contribution is 4.80. The van der Waals surface area contributed by atoms with Crippen molar-refractivity contribution in [1.82, 2.24) is 10.6 Å². The summed E-state index contributed by atoms with van der Waals surface area (Å²) in [5.41, 5.74) is 0. The van der Waals surface area contributed by atoms with Gasteiger partial charge in [0.05, 0.1) is 0 Å². The fourth-order valence-corrected chi connectivity index (χ4v) is 1.29. The van der Waals surface area contributed by atoms with Crippen molar-refractivity contribution in [2.45, 2.75) is 25.3 Å². The first-order valence-corrected chi connectivity index (χ1v) is 4.86. The molecule has 1 heterocycles. The molecule has 72 valence electrons. The molecule has 2 N–H and O–H groups in total. The Morgan fingerprint density at radius 3 is 2.75 bits per heavy atom. The summed E-state index contributed by atoms with van der Waals surface area (Å²) in [5, 5.41) is 6.73. The zero-order chi connectivity index (χ0) is 8.65. The van der Waals surface area contributed by atoms with Crippen LogP contribution < -0.4 is 10.6 Å². The van der Waals surface area contributed by atoms with E-state index in [0.717, 1.165) is 32.3 Å². The van der Waals surface area contributed by atoms with Crippen LogP contribution in [0.4, 0.5) is 0 Å². The molecule has 0 radical (unpaired) electrons. The van der Waals surface area contributed by atoms with Crippen molar-refractivity contribution >= 4 is 0 Å². The average molecular weight is 172 g/mol. The molecule has 0 spiro atoms. The standard InChI is InChI=1S/C9H20N2O/c1-12-6-4-2-3-5-11-9-7-10-8-9/h9-11H,2-8H2,1H3. The van der Waals surface area contributed by atoms with Gasteiger partial charge < -0.3 is 15.4 Å². The van der Waals surface area contributed by atoms with Crippen LogP contribution in [0.3, 0.4) is 0 Å². The summed E-state index contributed by atoms with van der Waals surface area (Å²) in [6.45, 7) is 4.37. The molecule has 3 nitrogen and oxygen atoms in total. The van der Waals surface area contributed by atoms with Crippen LogP contribution >= 0.6 is 0 Å². The highest BCUT2D eigenvalue weighted by atomic mass is 16.5. The molecule has 0 unspecified atom stereocenters. The quantitative estimate of drug-likeness (QED) is 0.544. The highest BCUT2D eigenvalue weighted by Crippen LogP contribution is 1.96. The molecular weight excluding hydrogens is 152 g/mol. The van der Waals surface area contributed by atoms with Crippen molar-refractivity contribution in [2.75, 3.05) is 33.4 Å². The Bertz CT molecular complexity index is 105. The van der Waals surface area contributed by atoms with Gasteiger partial charge in [-0.2, -0.15) is 0 Å². The summed E-state index contributed by atoms with van der Waals surface area (Å²) < 4.78 is 4.97. The lowest BCUT2D eigenvalue weighted by Gasteiger charge is -2.28. The first-order valence-electron chi connectivity index (χ1n) is 4.86. The van der Waals surface area contributed by atoms with E-state index in [9.17, 15) is 0 Å². The molecule has 0 atom stereocenters. The molecule has 1 fully saturated rings. The summed E-state index contributed by atoms with van der Waals surface area (Å²) in [5.74, 6) is 0. The maximum atomic E-state index is 4.97. The molecule has 3 heteroatoms. The number of unbranched alkanes of at least 4 members (excludes halogenated alkanes) is 2. The maximum absolute atomic E-state index is 4.97. The van der Waals surface area contributed by atoms with Crippen molar-refractivity contribution in [3.05, 3.63) is 0 Å². The van der Waals surface area contributed by atoms with Gasteiger partial charge >= 0.3 is 0 Å². The molecule has 1 rings (SSSR count). The Kier molecular flexibility index (Phi) is 5.32. The molecule has 1 aliphatic heterocycles. The molecule has 0 bridgehead atoms. The van der Waals surface area contributed by atoms with Crippen molar-refractivity contribution < 1.29 is 4.74 Å². The van der Waals surface area contributed by atoms with E-state index < -0.39 is 0 Å². The maximum Gasteiger partial charge on any atom is 0.0462 e. The zero-order valence-electron chi connectivity index (χ0n) is 7.94.